The Kier molecular flexibility index (Phi) is 5.16. The minimum Gasteiger partial charge on any atom is -0.477 e. The maximum atomic E-state index is 12.4. The number of amides is 1. The molecule has 1 aliphatic rings. The van der Waals surface area contributed by atoms with Gasteiger partial charge in [-0.1, -0.05) is 5.16 Å². The van der Waals surface area contributed by atoms with Gasteiger partial charge in [-0.2, -0.15) is 0 Å². The number of hydrogen-bond acceptors (Lipinski definition) is 7. The van der Waals surface area contributed by atoms with E-state index in [2.05, 4.69) is 20.4 Å². The van der Waals surface area contributed by atoms with Crippen molar-refractivity contribution in [2.24, 2.45) is 0 Å². The molecule has 2 aromatic rings. The molecule has 0 aliphatic heterocycles. The van der Waals surface area contributed by atoms with Gasteiger partial charge in [0.1, 0.15) is 17.4 Å². The lowest BCUT2D eigenvalue weighted by molar-refractivity contribution is 0.0884. The molecule has 1 amide bonds. The zero-order valence-electron chi connectivity index (χ0n) is 14.6. The van der Waals surface area contributed by atoms with E-state index in [1.165, 1.54) is 7.11 Å². The summed E-state index contributed by atoms with van der Waals surface area (Å²) in [4.78, 5) is 20.6. The fraction of sp³-hybridized carbons (Fsp3) is 0.529. The first kappa shape index (κ1) is 17.2. The van der Waals surface area contributed by atoms with Gasteiger partial charge < -0.3 is 19.3 Å². The Morgan fingerprint density at radius 1 is 1.16 bits per heavy atom. The van der Waals surface area contributed by atoms with Crippen molar-refractivity contribution < 1.29 is 18.8 Å². The quantitative estimate of drug-likeness (QED) is 0.886. The summed E-state index contributed by atoms with van der Waals surface area (Å²) >= 11 is 0. The smallest absolute Gasteiger partial charge is 0.278 e. The summed E-state index contributed by atoms with van der Waals surface area (Å²) in [6, 6.07) is 0.116. The Morgan fingerprint density at radius 2 is 1.84 bits per heavy atom. The van der Waals surface area contributed by atoms with E-state index in [1.807, 2.05) is 0 Å². The molecule has 25 heavy (non-hydrogen) atoms. The van der Waals surface area contributed by atoms with E-state index in [0.717, 1.165) is 25.7 Å². The summed E-state index contributed by atoms with van der Waals surface area (Å²) in [7, 11) is 1.54. The van der Waals surface area contributed by atoms with E-state index in [-0.39, 0.29) is 18.1 Å². The van der Waals surface area contributed by atoms with Crippen molar-refractivity contribution in [3.8, 4) is 11.8 Å². The molecule has 2 heterocycles. The van der Waals surface area contributed by atoms with Crippen LogP contribution < -0.4 is 14.8 Å². The first-order chi connectivity index (χ1) is 12.1. The van der Waals surface area contributed by atoms with Gasteiger partial charge in [-0.05, 0) is 39.5 Å². The first-order valence-electron chi connectivity index (χ1n) is 8.34. The van der Waals surface area contributed by atoms with Gasteiger partial charge in [0.15, 0.2) is 0 Å². The number of aromatic nitrogens is 3. The van der Waals surface area contributed by atoms with E-state index >= 15 is 0 Å². The molecule has 1 fully saturated rings. The molecule has 1 saturated carbocycles. The maximum Gasteiger partial charge on any atom is 0.278 e. The Labute approximate surface area is 145 Å². The Balaban J connectivity index is 1.53. The van der Waals surface area contributed by atoms with Gasteiger partial charge >= 0.3 is 0 Å². The third kappa shape index (κ3) is 3.89. The Bertz CT molecular complexity index is 718. The fourth-order valence-corrected chi connectivity index (χ4v) is 3.08. The van der Waals surface area contributed by atoms with Gasteiger partial charge in [-0.25, -0.2) is 9.97 Å². The van der Waals surface area contributed by atoms with Gasteiger partial charge in [-0.3, -0.25) is 4.79 Å². The molecule has 2 aromatic heterocycles. The molecular formula is C17H22N4O4. The highest BCUT2D eigenvalue weighted by Gasteiger charge is 2.27. The molecule has 8 heteroatoms. The topological polar surface area (TPSA) is 99.4 Å². The number of nitrogens with one attached hydrogen (secondary N) is 1. The molecule has 1 N–H and O–H groups in total. The molecule has 0 aromatic carbocycles. The summed E-state index contributed by atoms with van der Waals surface area (Å²) in [6.07, 6.45) is 6.50. The van der Waals surface area contributed by atoms with Gasteiger partial charge in [0.2, 0.25) is 0 Å². The number of nitrogens with zero attached hydrogens (tertiary/aromatic N) is 3. The number of aryl methyl sites for hydroxylation is 2. The molecule has 134 valence electrons. The van der Waals surface area contributed by atoms with Crippen LogP contribution in [0.15, 0.2) is 16.9 Å². The fourth-order valence-electron chi connectivity index (χ4n) is 3.08. The first-order valence-corrected chi connectivity index (χ1v) is 8.34. The lowest BCUT2D eigenvalue weighted by atomic mass is 9.92. The summed E-state index contributed by atoms with van der Waals surface area (Å²) in [5, 5.41) is 6.89. The van der Waals surface area contributed by atoms with Crippen LogP contribution in [0.25, 0.3) is 0 Å². The lowest BCUT2D eigenvalue weighted by Gasteiger charge is -2.29. The molecule has 0 radical (unpaired) electrons. The van der Waals surface area contributed by atoms with Crippen molar-refractivity contribution in [3.05, 3.63) is 29.4 Å². The van der Waals surface area contributed by atoms with E-state index < -0.39 is 0 Å². The van der Waals surface area contributed by atoms with Gasteiger partial charge in [-0.15, -0.1) is 0 Å². The molecule has 1 aliphatic carbocycles. The second-order valence-electron chi connectivity index (χ2n) is 6.13. The van der Waals surface area contributed by atoms with Gasteiger partial charge in [0.25, 0.3) is 17.7 Å². The molecule has 0 bridgehead atoms. The number of methoxy groups -OCH3 is 1. The number of ether oxygens (including phenoxy) is 2. The molecule has 0 spiro atoms. The molecular weight excluding hydrogens is 324 g/mol. The highest BCUT2D eigenvalue weighted by atomic mass is 16.5. The maximum absolute atomic E-state index is 12.4. The van der Waals surface area contributed by atoms with Crippen LogP contribution in [0.2, 0.25) is 0 Å². The van der Waals surface area contributed by atoms with Crippen molar-refractivity contribution in [2.75, 3.05) is 7.11 Å². The lowest BCUT2D eigenvalue weighted by Crippen LogP contribution is -2.40. The van der Waals surface area contributed by atoms with Crippen LogP contribution in [-0.2, 0) is 0 Å². The average molecular weight is 346 g/mol. The SMILES string of the molecule is COc1nccnc1OC1CCC(NC(=O)c2c(C)noc2C)CC1. The summed E-state index contributed by atoms with van der Waals surface area (Å²) in [5.41, 5.74) is 1.14. The second kappa shape index (κ2) is 7.50. The molecule has 3 rings (SSSR count). The predicted molar refractivity (Wildman–Crippen MR) is 88.7 cm³/mol. The summed E-state index contributed by atoms with van der Waals surface area (Å²) < 4.78 is 16.1. The van der Waals surface area contributed by atoms with E-state index in [0.29, 0.717) is 28.8 Å². The predicted octanol–water partition coefficient (Wildman–Crippen LogP) is 2.21. The molecule has 0 atom stereocenters. The number of hydrogen-bond donors (Lipinski definition) is 1. The van der Waals surface area contributed by atoms with Crippen LogP contribution >= 0.6 is 0 Å². The third-order valence-electron chi connectivity index (χ3n) is 4.37. The minimum atomic E-state index is -0.129. The van der Waals surface area contributed by atoms with Crippen LogP contribution in [0.5, 0.6) is 11.8 Å². The average Bonchev–Trinajstić information content (AvgIpc) is 2.95. The van der Waals surface area contributed by atoms with E-state index in [4.69, 9.17) is 14.0 Å². The molecule has 0 unspecified atom stereocenters. The summed E-state index contributed by atoms with van der Waals surface area (Å²) in [5.74, 6) is 1.21. The molecule has 0 saturated heterocycles. The third-order valence-corrected chi connectivity index (χ3v) is 4.37. The van der Waals surface area contributed by atoms with Crippen molar-refractivity contribution in [2.45, 2.75) is 51.7 Å². The number of carbonyl (C=O) groups is 1. The standard InChI is InChI=1S/C17H22N4O4/c1-10-14(11(2)25-21-10)15(22)20-12-4-6-13(7-5-12)24-17-16(23-3)18-8-9-19-17/h8-9,12-13H,4-7H2,1-3H3,(H,20,22). The zero-order chi connectivity index (χ0) is 17.8. The molecule has 8 nitrogen and oxygen atoms in total. The largest absolute Gasteiger partial charge is 0.477 e. The zero-order valence-corrected chi connectivity index (χ0v) is 14.6. The van der Waals surface area contributed by atoms with Crippen molar-refractivity contribution in [1.82, 2.24) is 20.4 Å². The van der Waals surface area contributed by atoms with Crippen molar-refractivity contribution in [3.63, 3.8) is 0 Å². The highest BCUT2D eigenvalue weighted by Crippen LogP contribution is 2.27. The van der Waals surface area contributed by atoms with E-state index in [9.17, 15) is 4.79 Å². The summed E-state index contributed by atoms with van der Waals surface area (Å²) in [6.45, 7) is 3.51. The van der Waals surface area contributed by atoms with E-state index in [1.54, 1.807) is 26.2 Å². The van der Waals surface area contributed by atoms with Crippen molar-refractivity contribution in [1.29, 1.82) is 0 Å². The minimum absolute atomic E-state index is 0.0396. The van der Waals surface area contributed by atoms with Crippen LogP contribution in [0.3, 0.4) is 0 Å². The van der Waals surface area contributed by atoms with Gasteiger partial charge in [0, 0.05) is 18.4 Å². The Hall–Kier alpha value is -2.64. The second-order valence-corrected chi connectivity index (χ2v) is 6.13. The Morgan fingerprint density at radius 3 is 2.44 bits per heavy atom. The number of rotatable bonds is 5. The monoisotopic (exact) mass is 346 g/mol. The van der Waals surface area contributed by atoms with Crippen molar-refractivity contribution >= 4 is 5.91 Å². The van der Waals surface area contributed by atoms with Gasteiger partial charge in [0.05, 0.1) is 12.8 Å². The van der Waals surface area contributed by atoms with Crippen LogP contribution in [0.1, 0.15) is 47.5 Å². The normalized spacial score (nSPS) is 20.1. The van der Waals surface area contributed by atoms with Crippen LogP contribution in [0.4, 0.5) is 0 Å². The number of carbonyl (C=O) groups excluding carboxylic acids is 1. The van der Waals surface area contributed by atoms with Crippen LogP contribution in [0, 0.1) is 13.8 Å². The van der Waals surface area contributed by atoms with Crippen LogP contribution in [-0.4, -0.2) is 40.3 Å². The highest BCUT2D eigenvalue weighted by molar-refractivity contribution is 5.96.